The highest BCUT2D eigenvalue weighted by atomic mass is 32.2. The highest BCUT2D eigenvalue weighted by Gasteiger charge is 2.29. The van der Waals surface area contributed by atoms with Crippen molar-refractivity contribution >= 4 is 28.8 Å². The van der Waals surface area contributed by atoms with Crippen molar-refractivity contribution in [3.8, 4) is 5.75 Å². The lowest BCUT2D eigenvalue weighted by atomic mass is 9.91. The van der Waals surface area contributed by atoms with Gasteiger partial charge in [0, 0.05) is 58.7 Å². The Bertz CT molecular complexity index is 1520. The second-order valence-electron chi connectivity index (χ2n) is 10.1. The fourth-order valence-corrected chi connectivity index (χ4v) is 6.64. The Labute approximate surface area is 232 Å². The van der Waals surface area contributed by atoms with E-state index >= 15 is 0 Å². The first-order valence-corrected chi connectivity index (χ1v) is 14.1. The Morgan fingerprint density at radius 1 is 1.21 bits per heavy atom. The average molecular weight is 546 g/mol. The van der Waals surface area contributed by atoms with E-state index in [1.54, 1.807) is 31.1 Å². The number of aryl methyl sites for hydroxylation is 1. The smallest absolute Gasteiger partial charge is 0.256 e. The molecule has 9 heteroatoms. The lowest BCUT2D eigenvalue weighted by Gasteiger charge is -2.35. The third kappa shape index (κ3) is 5.60. The van der Waals surface area contributed by atoms with Gasteiger partial charge in [-0.15, -0.1) is 0 Å². The largest absolute Gasteiger partial charge is 0.496 e. The molecular weight excluding hydrogens is 510 g/mol. The second-order valence-corrected chi connectivity index (χ2v) is 11.3. The summed E-state index contributed by atoms with van der Waals surface area (Å²) in [5.41, 5.74) is 3.52. The molecule has 204 valence electrons. The zero-order valence-electron chi connectivity index (χ0n) is 22.9. The predicted octanol–water partition coefficient (Wildman–Crippen LogP) is 5.26. The number of para-hydroxylation sites is 1. The minimum Gasteiger partial charge on any atom is -0.496 e. The summed E-state index contributed by atoms with van der Waals surface area (Å²) in [5, 5.41) is 3.90. The van der Waals surface area contributed by atoms with Crippen molar-refractivity contribution in [2.24, 2.45) is 5.92 Å². The van der Waals surface area contributed by atoms with Gasteiger partial charge in [0.2, 0.25) is 0 Å². The SMILES string of the molecule is COc1cc(C)[nH]c(=O)c1CNC(=O)c1c(C)n(C(C)C2CCN(Sc3cccnc3)CC2)c2ccccc12. The lowest BCUT2D eigenvalue weighted by molar-refractivity contribution is 0.0951. The normalized spacial score (nSPS) is 15.4. The van der Waals surface area contributed by atoms with Crippen LogP contribution in [0.4, 0.5) is 0 Å². The van der Waals surface area contributed by atoms with Crippen LogP contribution in [-0.4, -0.2) is 44.9 Å². The third-order valence-electron chi connectivity index (χ3n) is 7.72. The van der Waals surface area contributed by atoms with Crippen LogP contribution >= 0.6 is 11.9 Å². The monoisotopic (exact) mass is 545 g/mol. The number of hydrogen-bond donors (Lipinski definition) is 2. The van der Waals surface area contributed by atoms with E-state index in [0.717, 1.165) is 47.4 Å². The summed E-state index contributed by atoms with van der Waals surface area (Å²) in [7, 11) is 1.53. The average Bonchev–Trinajstić information content (AvgIpc) is 3.24. The van der Waals surface area contributed by atoms with Gasteiger partial charge < -0.3 is 19.6 Å². The Kier molecular flexibility index (Phi) is 8.09. The van der Waals surface area contributed by atoms with E-state index in [1.165, 1.54) is 7.11 Å². The number of methoxy groups -OCH3 is 1. The van der Waals surface area contributed by atoms with Crippen LogP contribution in [-0.2, 0) is 6.54 Å². The van der Waals surface area contributed by atoms with Crippen molar-refractivity contribution in [1.82, 2.24) is 24.2 Å². The van der Waals surface area contributed by atoms with Gasteiger partial charge in [-0.25, -0.2) is 4.31 Å². The van der Waals surface area contributed by atoms with E-state index in [0.29, 0.717) is 28.5 Å². The predicted molar refractivity (Wildman–Crippen MR) is 155 cm³/mol. The van der Waals surface area contributed by atoms with Crippen LogP contribution in [0.5, 0.6) is 5.75 Å². The standard InChI is InChI=1S/C30H35N5O3S/c1-19-16-27(38-4)25(29(36)33-19)18-32-30(37)28-21(3)35(26-10-6-5-9-24(26)28)20(2)22-11-14-34(15-12-22)39-23-8-7-13-31-17-23/h5-10,13,16-17,20,22H,11-12,14-15,18H2,1-4H3,(H,32,37)(H,33,36). The number of rotatable bonds is 8. The molecule has 1 aromatic carbocycles. The zero-order chi connectivity index (χ0) is 27.5. The number of aromatic amines is 1. The van der Waals surface area contributed by atoms with E-state index in [1.807, 2.05) is 37.4 Å². The summed E-state index contributed by atoms with van der Waals surface area (Å²) in [6.07, 6.45) is 5.87. The van der Waals surface area contributed by atoms with E-state index in [2.05, 4.69) is 43.2 Å². The van der Waals surface area contributed by atoms with Crippen molar-refractivity contribution in [2.45, 2.75) is 51.1 Å². The van der Waals surface area contributed by atoms with Gasteiger partial charge >= 0.3 is 0 Å². The number of nitrogens with one attached hydrogen (secondary N) is 2. The molecular formula is C30H35N5O3S. The molecule has 0 spiro atoms. The van der Waals surface area contributed by atoms with Crippen LogP contribution in [0.3, 0.4) is 0 Å². The minimum absolute atomic E-state index is 0.0825. The maximum absolute atomic E-state index is 13.6. The molecule has 1 amide bonds. The molecule has 1 aliphatic heterocycles. The van der Waals surface area contributed by atoms with E-state index < -0.39 is 0 Å². The lowest BCUT2D eigenvalue weighted by Crippen LogP contribution is -2.32. The molecule has 5 rings (SSSR count). The number of carbonyl (C=O) groups excluding carboxylic acids is 1. The molecule has 0 radical (unpaired) electrons. The number of piperidine rings is 1. The molecule has 0 saturated carbocycles. The van der Waals surface area contributed by atoms with Crippen molar-refractivity contribution in [3.05, 3.63) is 87.7 Å². The molecule has 4 heterocycles. The first-order chi connectivity index (χ1) is 18.9. The molecule has 0 bridgehead atoms. The Morgan fingerprint density at radius 3 is 2.69 bits per heavy atom. The number of aromatic nitrogens is 3. The first-order valence-electron chi connectivity index (χ1n) is 13.3. The summed E-state index contributed by atoms with van der Waals surface area (Å²) in [6, 6.07) is 14.2. The number of ether oxygens (including phenoxy) is 1. The molecule has 1 fully saturated rings. The van der Waals surface area contributed by atoms with E-state index in [9.17, 15) is 9.59 Å². The summed E-state index contributed by atoms with van der Waals surface area (Å²) in [4.78, 5) is 34.3. The maximum atomic E-state index is 13.6. The van der Waals surface area contributed by atoms with Gasteiger partial charge in [0.15, 0.2) is 0 Å². The van der Waals surface area contributed by atoms with Gasteiger partial charge in [0.1, 0.15) is 5.75 Å². The van der Waals surface area contributed by atoms with Gasteiger partial charge in [-0.3, -0.25) is 14.6 Å². The highest BCUT2D eigenvalue weighted by Crippen LogP contribution is 2.37. The Morgan fingerprint density at radius 2 is 1.97 bits per heavy atom. The molecule has 1 atom stereocenters. The van der Waals surface area contributed by atoms with Crippen molar-refractivity contribution in [3.63, 3.8) is 0 Å². The van der Waals surface area contributed by atoms with Crippen LogP contribution in [0, 0.1) is 19.8 Å². The fraction of sp³-hybridized carbons (Fsp3) is 0.367. The molecule has 0 aliphatic carbocycles. The Hall–Kier alpha value is -3.56. The maximum Gasteiger partial charge on any atom is 0.256 e. The number of fused-ring (bicyclic) bond motifs is 1. The van der Waals surface area contributed by atoms with Gasteiger partial charge in [-0.1, -0.05) is 18.2 Å². The summed E-state index contributed by atoms with van der Waals surface area (Å²) >= 11 is 1.77. The number of pyridine rings is 2. The molecule has 8 nitrogen and oxygen atoms in total. The number of hydrogen-bond acceptors (Lipinski definition) is 6. The molecule has 2 N–H and O–H groups in total. The Balaban J connectivity index is 1.35. The number of carbonyl (C=O) groups is 1. The van der Waals surface area contributed by atoms with Crippen LogP contribution in [0.2, 0.25) is 0 Å². The molecule has 4 aromatic rings. The molecule has 1 saturated heterocycles. The molecule has 1 aliphatic rings. The van der Waals surface area contributed by atoms with Crippen molar-refractivity contribution in [1.29, 1.82) is 0 Å². The van der Waals surface area contributed by atoms with Gasteiger partial charge in [-0.2, -0.15) is 0 Å². The number of nitrogens with zero attached hydrogens (tertiary/aromatic N) is 3. The molecule has 39 heavy (non-hydrogen) atoms. The minimum atomic E-state index is -0.257. The van der Waals surface area contributed by atoms with Crippen LogP contribution in [0.1, 0.15) is 53.1 Å². The molecule has 1 unspecified atom stereocenters. The van der Waals surface area contributed by atoms with Gasteiger partial charge in [0.25, 0.3) is 11.5 Å². The second kappa shape index (κ2) is 11.7. The van der Waals surface area contributed by atoms with Crippen LogP contribution in [0.15, 0.2) is 64.5 Å². The van der Waals surface area contributed by atoms with Crippen LogP contribution in [0.25, 0.3) is 10.9 Å². The van der Waals surface area contributed by atoms with Gasteiger partial charge in [0.05, 0.1) is 24.8 Å². The first kappa shape index (κ1) is 27.0. The topological polar surface area (TPSA) is 92.2 Å². The molecule has 3 aromatic heterocycles. The number of H-pyrrole nitrogens is 1. The number of amides is 1. The zero-order valence-corrected chi connectivity index (χ0v) is 23.7. The summed E-state index contributed by atoms with van der Waals surface area (Å²) in [6.45, 7) is 8.19. The van der Waals surface area contributed by atoms with E-state index in [4.69, 9.17) is 4.74 Å². The van der Waals surface area contributed by atoms with E-state index in [-0.39, 0.29) is 24.1 Å². The van der Waals surface area contributed by atoms with Crippen LogP contribution < -0.4 is 15.6 Å². The third-order valence-corrected chi connectivity index (χ3v) is 8.79. The van der Waals surface area contributed by atoms with Crippen molar-refractivity contribution < 1.29 is 9.53 Å². The highest BCUT2D eigenvalue weighted by molar-refractivity contribution is 7.97. The summed E-state index contributed by atoms with van der Waals surface area (Å²) < 4.78 is 10.1. The fourth-order valence-electron chi connectivity index (χ4n) is 5.71. The number of benzene rings is 1. The van der Waals surface area contributed by atoms with Gasteiger partial charge in [-0.05, 0) is 75.7 Å². The quantitative estimate of drug-likeness (QED) is 0.294. The summed E-state index contributed by atoms with van der Waals surface area (Å²) in [5.74, 6) is 0.772. The van der Waals surface area contributed by atoms with Crippen molar-refractivity contribution in [2.75, 3.05) is 20.2 Å².